The number of halogens is 6. The predicted molar refractivity (Wildman–Crippen MR) is 50.9 cm³/mol. The van der Waals surface area contributed by atoms with Crippen LogP contribution in [0.2, 0.25) is 0 Å². The molecule has 0 saturated carbocycles. The molecule has 17 heteroatoms. The van der Waals surface area contributed by atoms with Gasteiger partial charge >= 0.3 is 30.5 Å². The monoisotopic (exact) mass is 433 g/mol. The molecule has 0 aliphatic heterocycles. The molecule has 0 fully saturated rings. The summed E-state index contributed by atoms with van der Waals surface area (Å²) in [6, 6.07) is 0. The Bertz CT molecular complexity index is 509. The number of hydrogen-bond acceptors (Lipinski definition) is 7. The molecule has 0 atom stereocenters. The van der Waals surface area contributed by atoms with Crippen LogP contribution in [-0.4, -0.2) is 42.9 Å². The summed E-state index contributed by atoms with van der Waals surface area (Å²) in [7, 11) is -12.2. The van der Waals surface area contributed by atoms with Crippen molar-refractivity contribution in [1.82, 2.24) is 0 Å². The fourth-order valence-electron chi connectivity index (χ4n) is 0. The van der Waals surface area contributed by atoms with E-state index in [1.165, 1.54) is 0 Å². The Kier molecular flexibility index (Phi) is 13.4. The molecular formula is C5H5F6NO7S2Zn. The van der Waals surface area contributed by atoms with Crippen molar-refractivity contribution in [2.75, 3.05) is 0 Å². The second-order valence-corrected chi connectivity index (χ2v) is 5.15. The molecule has 0 saturated heterocycles. The smallest absolute Gasteiger partial charge is 0.741 e. The maximum absolute atomic E-state index is 10.7. The number of carbonyl (C=O) groups excluding carboxylic acids is 1. The molecule has 0 heterocycles. The van der Waals surface area contributed by atoms with Crippen molar-refractivity contribution in [3.05, 3.63) is 12.7 Å². The molecule has 0 aromatic heterocycles. The first-order valence-corrected chi connectivity index (χ1v) is 6.55. The largest absolute Gasteiger partial charge is 2.00 e. The van der Waals surface area contributed by atoms with Crippen LogP contribution in [0.1, 0.15) is 0 Å². The Hall–Kier alpha value is -0.767. The topological polar surface area (TPSA) is 157 Å². The first-order chi connectivity index (χ1) is 8.77. The van der Waals surface area contributed by atoms with Gasteiger partial charge in [-0.25, -0.2) is 16.8 Å². The van der Waals surface area contributed by atoms with Crippen LogP contribution >= 0.6 is 0 Å². The Balaban J connectivity index is -0.000000111. The second kappa shape index (κ2) is 10.1. The van der Waals surface area contributed by atoms with Crippen LogP contribution in [-0.2, 0) is 44.5 Å². The summed E-state index contributed by atoms with van der Waals surface area (Å²) in [5.74, 6) is -0.481. The van der Waals surface area contributed by atoms with Crippen molar-refractivity contribution < 1.29 is 76.6 Å². The molecule has 2 N–H and O–H groups in total. The molecular weight excluding hydrogens is 430 g/mol. The standard InChI is InChI=1S/C3H5NO.2CHF3O3S.Zn/c1-2-3(4)5;2*2-1(3,4)8(5,6)7;/h2H,1H2,(H2,4,5);2*(H,5,6,7);/q;;;+2/p-2. The maximum Gasteiger partial charge on any atom is 2.00 e. The van der Waals surface area contributed by atoms with Crippen molar-refractivity contribution in [1.29, 1.82) is 0 Å². The number of carbonyl (C=O) groups is 1. The van der Waals surface area contributed by atoms with Gasteiger partial charge in [-0.15, -0.1) is 0 Å². The van der Waals surface area contributed by atoms with E-state index in [2.05, 4.69) is 12.3 Å². The summed E-state index contributed by atoms with van der Waals surface area (Å²) in [6.07, 6.45) is 1.06. The first kappa shape index (κ1) is 29.3. The van der Waals surface area contributed by atoms with E-state index < -0.39 is 37.2 Å². The summed E-state index contributed by atoms with van der Waals surface area (Å²) in [5.41, 5.74) is -6.76. The molecule has 8 nitrogen and oxygen atoms in total. The molecule has 0 aliphatic carbocycles. The third-order valence-corrected chi connectivity index (χ3v) is 1.90. The normalized spacial score (nSPS) is 11.6. The minimum Gasteiger partial charge on any atom is -0.741 e. The number of primary amides is 1. The Morgan fingerprint density at radius 3 is 1.00 bits per heavy atom. The van der Waals surface area contributed by atoms with E-state index in [0.29, 0.717) is 0 Å². The van der Waals surface area contributed by atoms with Crippen LogP contribution < -0.4 is 5.73 Å². The summed E-state index contributed by atoms with van der Waals surface area (Å²) in [6.45, 7) is 3.09. The Morgan fingerprint density at radius 2 is 1.00 bits per heavy atom. The maximum atomic E-state index is 10.7. The quantitative estimate of drug-likeness (QED) is 0.196. The van der Waals surface area contributed by atoms with Crippen molar-refractivity contribution in [3.63, 3.8) is 0 Å². The zero-order valence-electron chi connectivity index (χ0n) is 10.0. The molecule has 0 aromatic carbocycles. The van der Waals surface area contributed by atoms with E-state index in [1.807, 2.05) is 0 Å². The zero-order valence-corrected chi connectivity index (χ0v) is 14.6. The van der Waals surface area contributed by atoms with E-state index in [9.17, 15) is 31.1 Å². The van der Waals surface area contributed by atoms with Gasteiger partial charge in [0.2, 0.25) is 5.91 Å². The number of hydrogen-bond donors (Lipinski definition) is 1. The van der Waals surface area contributed by atoms with E-state index in [0.717, 1.165) is 6.08 Å². The van der Waals surface area contributed by atoms with Crippen molar-refractivity contribution in [2.24, 2.45) is 5.73 Å². The molecule has 0 radical (unpaired) electrons. The van der Waals surface area contributed by atoms with Gasteiger partial charge in [0.05, 0.1) is 0 Å². The molecule has 1 amide bonds. The summed E-state index contributed by atoms with van der Waals surface area (Å²) in [5, 5.41) is 0. The number of amides is 1. The van der Waals surface area contributed by atoms with Crippen molar-refractivity contribution in [3.8, 4) is 0 Å². The van der Waals surface area contributed by atoms with Gasteiger partial charge in [-0.3, -0.25) is 4.79 Å². The van der Waals surface area contributed by atoms with Gasteiger partial charge in [0, 0.05) is 0 Å². The zero-order chi connectivity index (χ0) is 18.3. The van der Waals surface area contributed by atoms with Gasteiger partial charge in [0.1, 0.15) is 0 Å². The van der Waals surface area contributed by atoms with Gasteiger partial charge in [-0.1, -0.05) is 6.58 Å². The summed E-state index contributed by atoms with van der Waals surface area (Å²) >= 11 is 0. The second-order valence-electron chi connectivity index (χ2n) is 2.41. The van der Waals surface area contributed by atoms with Gasteiger partial charge < -0.3 is 14.8 Å². The molecule has 0 rings (SSSR count). The van der Waals surface area contributed by atoms with Crippen LogP contribution in [0.4, 0.5) is 26.3 Å². The van der Waals surface area contributed by atoms with Gasteiger partial charge in [-0.2, -0.15) is 26.3 Å². The Labute approximate surface area is 132 Å². The van der Waals surface area contributed by atoms with Gasteiger partial charge in [0.25, 0.3) is 0 Å². The van der Waals surface area contributed by atoms with E-state index in [1.54, 1.807) is 0 Å². The average molecular weight is 435 g/mol. The predicted octanol–water partition coefficient (Wildman–Crippen LogP) is -0.242. The average Bonchev–Trinajstić information content (AvgIpc) is 2.12. The van der Waals surface area contributed by atoms with Crippen molar-refractivity contribution in [2.45, 2.75) is 11.0 Å². The van der Waals surface area contributed by atoms with Crippen LogP contribution in [0.25, 0.3) is 0 Å². The molecule has 0 spiro atoms. The first-order valence-electron chi connectivity index (χ1n) is 3.73. The van der Waals surface area contributed by atoms with Gasteiger partial charge in [0.15, 0.2) is 20.2 Å². The third-order valence-electron chi connectivity index (χ3n) is 0.768. The van der Waals surface area contributed by atoms with Gasteiger partial charge in [-0.05, 0) is 6.08 Å². The van der Waals surface area contributed by atoms with Crippen LogP contribution in [0, 0.1) is 0 Å². The number of nitrogens with two attached hydrogens (primary N) is 1. The van der Waals surface area contributed by atoms with Crippen LogP contribution in [0.3, 0.4) is 0 Å². The third kappa shape index (κ3) is 17.3. The molecule has 22 heavy (non-hydrogen) atoms. The van der Waals surface area contributed by atoms with Crippen LogP contribution in [0.5, 0.6) is 0 Å². The fourth-order valence-corrected chi connectivity index (χ4v) is 0. The summed E-state index contributed by atoms with van der Waals surface area (Å²) in [4.78, 5) is 9.47. The molecule has 0 aromatic rings. The number of alkyl halides is 6. The number of rotatable bonds is 1. The molecule has 128 valence electrons. The Morgan fingerprint density at radius 1 is 0.909 bits per heavy atom. The SMILES string of the molecule is C=CC(N)=O.O=S(=O)([O-])C(F)(F)F.O=S(=O)([O-])C(F)(F)F.[Zn+2]. The van der Waals surface area contributed by atoms with E-state index in [-0.39, 0.29) is 19.5 Å². The molecule has 0 aliphatic rings. The van der Waals surface area contributed by atoms with Crippen LogP contribution in [0.15, 0.2) is 12.7 Å². The fraction of sp³-hybridized carbons (Fsp3) is 0.400. The van der Waals surface area contributed by atoms with Crippen molar-refractivity contribution >= 4 is 26.1 Å². The molecule has 0 bridgehead atoms. The summed E-state index contributed by atoms with van der Waals surface area (Å²) < 4.78 is 118. The minimum atomic E-state index is -6.09. The van der Waals surface area contributed by atoms with E-state index in [4.69, 9.17) is 25.9 Å². The van der Waals surface area contributed by atoms with E-state index >= 15 is 0 Å². The minimum absolute atomic E-state index is 0. The molecule has 0 unspecified atom stereocenters.